The summed E-state index contributed by atoms with van der Waals surface area (Å²) in [6, 6.07) is 19.3. The smallest absolute Gasteiger partial charge is 0.291 e. The number of nitrogens with zero attached hydrogens (tertiary/aromatic N) is 2. The molecule has 1 aromatic heterocycles. The van der Waals surface area contributed by atoms with Crippen LogP contribution in [0.2, 0.25) is 0 Å². The quantitative estimate of drug-likeness (QED) is 0.657. The summed E-state index contributed by atoms with van der Waals surface area (Å²) in [7, 11) is 0. The van der Waals surface area contributed by atoms with Crippen LogP contribution in [-0.4, -0.2) is 29.0 Å². The van der Waals surface area contributed by atoms with Crippen LogP contribution in [0.1, 0.15) is 27.2 Å². The molecule has 146 valence electrons. The maximum absolute atomic E-state index is 13.8. The highest BCUT2D eigenvalue weighted by atomic mass is 32.2. The zero-order valence-corrected chi connectivity index (χ0v) is 16.8. The molecule has 0 N–H and O–H groups in total. The Morgan fingerprint density at radius 3 is 2.66 bits per heavy atom. The molecule has 5 rings (SSSR count). The number of aryl methyl sites for hydroxylation is 1. The Morgan fingerprint density at radius 1 is 1.10 bits per heavy atom. The van der Waals surface area contributed by atoms with E-state index in [1.165, 1.54) is 23.6 Å². The minimum absolute atomic E-state index is 0.0679. The summed E-state index contributed by atoms with van der Waals surface area (Å²) in [5.74, 6) is 0.640. The fourth-order valence-corrected chi connectivity index (χ4v) is 5.60. The minimum atomic E-state index is -1.04. The van der Waals surface area contributed by atoms with Gasteiger partial charge in [0.1, 0.15) is 0 Å². The summed E-state index contributed by atoms with van der Waals surface area (Å²) in [5.41, 5.74) is 3.98. The lowest BCUT2D eigenvalue weighted by atomic mass is 10.1. The number of amides is 2. The first-order valence-electron chi connectivity index (χ1n) is 9.58. The summed E-state index contributed by atoms with van der Waals surface area (Å²) < 4.78 is 5.34. The third-order valence-electron chi connectivity index (χ3n) is 5.54. The zero-order chi connectivity index (χ0) is 20.0. The molecule has 2 aliphatic rings. The van der Waals surface area contributed by atoms with Crippen molar-refractivity contribution in [3.05, 3.63) is 89.4 Å². The molecule has 0 saturated carbocycles. The van der Waals surface area contributed by atoms with Crippen molar-refractivity contribution < 1.29 is 14.0 Å². The standard InChI is InChI=1S/C23H20N2O3S/c1-16-8-10-17(11-9-16)15-24-19-6-3-2-5-18(19)23(22(24)27)25(12-14-29-23)21(26)20-7-4-13-28-20/h2-11,13H,12,14-15H2,1H3/t23-/m0/s1. The predicted octanol–water partition coefficient (Wildman–Crippen LogP) is 4.18. The van der Waals surface area contributed by atoms with Gasteiger partial charge >= 0.3 is 0 Å². The normalized spacial score (nSPS) is 20.5. The van der Waals surface area contributed by atoms with Crippen molar-refractivity contribution in [1.82, 2.24) is 4.90 Å². The molecule has 0 bridgehead atoms. The third-order valence-corrected chi connectivity index (χ3v) is 6.96. The van der Waals surface area contributed by atoms with E-state index in [-0.39, 0.29) is 17.6 Å². The molecule has 0 radical (unpaired) electrons. The molecule has 5 nitrogen and oxygen atoms in total. The first-order chi connectivity index (χ1) is 14.1. The first kappa shape index (κ1) is 18.1. The molecule has 3 aromatic rings. The van der Waals surface area contributed by atoms with E-state index >= 15 is 0 Å². The van der Waals surface area contributed by atoms with E-state index in [0.29, 0.717) is 18.8 Å². The predicted molar refractivity (Wildman–Crippen MR) is 113 cm³/mol. The molecule has 3 heterocycles. The Labute approximate surface area is 173 Å². The van der Waals surface area contributed by atoms with Crippen molar-refractivity contribution in [2.24, 2.45) is 0 Å². The van der Waals surface area contributed by atoms with Crippen molar-refractivity contribution in [2.45, 2.75) is 18.3 Å². The van der Waals surface area contributed by atoms with Crippen LogP contribution in [0.15, 0.2) is 71.3 Å². The number of hydrogen-bond acceptors (Lipinski definition) is 4. The lowest BCUT2D eigenvalue weighted by molar-refractivity contribution is -0.123. The number of carbonyl (C=O) groups excluding carboxylic acids is 2. The highest BCUT2D eigenvalue weighted by Crippen LogP contribution is 2.54. The topological polar surface area (TPSA) is 53.8 Å². The summed E-state index contributed by atoms with van der Waals surface area (Å²) >= 11 is 1.53. The second-order valence-corrected chi connectivity index (χ2v) is 8.61. The Hall–Kier alpha value is -2.99. The summed E-state index contributed by atoms with van der Waals surface area (Å²) in [6.07, 6.45) is 1.48. The van der Waals surface area contributed by atoms with Gasteiger partial charge in [-0.2, -0.15) is 0 Å². The summed E-state index contributed by atoms with van der Waals surface area (Å²) in [4.78, 5) is 29.4. The van der Waals surface area contributed by atoms with E-state index in [0.717, 1.165) is 16.8 Å². The average molecular weight is 404 g/mol. The SMILES string of the molecule is Cc1ccc(CN2C(=O)[C@@]3(SCCN3C(=O)c3ccco3)c3ccccc32)cc1. The van der Waals surface area contributed by atoms with Crippen LogP contribution < -0.4 is 4.90 Å². The van der Waals surface area contributed by atoms with Gasteiger partial charge in [-0.25, -0.2) is 0 Å². The van der Waals surface area contributed by atoms with Gasteiger partial charge in [0.05, 0.1) is 18.5 Å². The summed E-state index contributed by atoms with van der Waals surface area (Å²) in [5, 5.41) is 0. The second kappa shape index (κ2) is 6.81. The molecular weight excluding hydrogens is 384 g/mol. The monoisotopic (exact) mass is 404 g/mol. The number of para-hydroxylation sites is 1. The molecule has 2 aromatic carbocycles. The van der Waals surface area contributed by atoms with Gasteiger partial charge in [-0.3, -0.25) is 9.59 Å². The second-order valence-electron chi connectivity index (χ2n) is 7.32. The number of furan rings is 1. The molecule has 1 fully saturated rings. The lowest BCUT2D eigenvalue weighted by Crippen LogP contribution is -2.50. The minimum Gasteiger partial charge on any atom is -0.459 e. The number of carbonyl (C=O) groups is 2. The number of fused-ring (bicyclic) bond motifs is 2. The maximum Gasteiger partial charge on any atom is 0.291 e. The van der Waals surface area contributed by atoms with Crippen LogP contribution in [0, 0.1) is 6.92 Å². The molecule has 2 amide bonds. The summed E-state index contributed by atoms with van der Waals surface area (Å²) in [6.45, 7) is 3.02. The fourth-order valence-electron chi connectivity index (χ4n) is 4.13. The molecule has 1 atom stereocenters. The third kappa shape index (κ3) is 2.70. The average Bonchev–Trinajstić information content (AvgIpc) is 3.47. The number of benzene rings is 2. The Bertz CT molecular complexity index is 1080. The molecule has 0 unspecified atom stereocenters. The van der Waals surface area contributed by atoms with Crippen LogP contribution in [0.25, 0.3) is 0 Å². The molecule has 29 heavy (non-hydrogen) atoms. The van der Waals surface area contributed by atoms with Gasteiger partial charge in [-0.1, -0.05) is 48.0 Å². The van der Waals surface area contributed by atoms with Gasteiger partial charge in [-0.05, 0) is 30.7 Å². The Kier molecular flexibility index (Phi) is 4.24. The molecule has 1 spiro atoms. The van der Waals surface area contributed by atoms with E-state index in [1.54, 1.807) is 21.9 Å². The fraction of sp³-hybridized carbons (Fsp3) is 0.217. The van der Waals surface area contributed by atoms with Gasteiger partial charge in [0.25, 0.3) is 11.8 Å². The Morgan fingerprint density at radius 2 is 1.90 bits per heavy atom. The van der Waals surface area contributed by atoms with E-state index in [2.05, 4.69) is 12.1 Å². The van der Waals surface area contributed by atoms with Crippen LogP contribution in [-0.2, 0) is 16.2 Å². The van der Waals surface area contributed by atoms with E-state index in [1.807, 2.05) is 43.3 Å². The first-order valence-corrected chi connectivity index (χ1v) is 10.6. The molecule has 1 saturated heterocycles. The van der Waals surface area contributed by atoms with Crippen LogP contribution in [0.3, 0.4) is 0 Å². The highest BCUT2D eigenvalue weighted by Gasteiger charge is 2.59. The number of hydrogen-bond donors (Lipinski definition) is 0. The van der Waals surface area contributed by atoms with Crippen molar-refractivity contribution in [3.63, 3.8) is 0 Å². The molecule has 0 aliphatic carbocycles. The maximum atomic E-state index is 13.8. The largest absolute Gasteiger partial charge is 0.459 e. The van der Waals surface area contributed by atoms with Crippen LogP contribution in [0.4, 0.5) is 5.69 Å². The molecule has 6 heteroatoms. The number of rotatable bonds is 3. The van der Waals surface area contributed by atoms with Crippen molar-refractivity contribution in [2.75, 3.05) is 17.2 Å². The van der Waals surface area contributed by atoms with E-state index < -0.39 is 4.87 Å². The van der Waals surface area contributed by atoms with Gasteiger partial charge in [0, 0.05) is 17.9 Å². The van der Waals surface area contributed by atoms with Crippen molar-refractivity contribution in [1.29, 1.82) is 0 Å². The Balaban J connectivity index is 1.57. The van der Waals surface area contributed by atoms with Crippen LogP contribution in [0.5, 0.6) is 0 Å². The van der Waals surface area contributed by atoms with Gasteiger partial charge in [0.15, 0.2) is 10.6 Å². The van der Waals surface area contributed by atoms with Gasteiger partial charge < -0.3 is 14.2 Å². The van der Waals surface area contributed by atoms with E-state index in [4.69, 9.17) is 4.42 Å². The van der Waals surface area contributed by atoms with Crippen molar-refractivity contribution in [3.8, 4) is 0 Å². The van der Waals surface area contributed by atoms with E-state index in [9.17, 15) is 9.59 Å². The molecule has 2 aliphatic heterocycles. The zero-order valence-electron chi connectivity index (χ0n) is 16.0. The molecular formula is C23H20N2O3S. The number of anilines is 1. The van der Waals surface area contributed by atoms with Crippen LogP contribution >= 0.6 is 11.8 Å². The van der Waals surface area contributed by atoms with Gasteiger partial charge in [-0.15, -0.1) is 11.8 Å². The number of thioether (sulfide) groups is 1. The highest BCUT2D eigenvalue weighted by molar-refractivity contribution is 8.01. The lowest BCUT2D eigenvalue weighted by Gasteiger charge is -2.32. The van der Waals surface area contributed by atoms with Gasteiger partial charge in [0.2, 0.25) is 0 Å². The van der Waals surface area contributed by atoms with Crippen molar-refractivity contribution >= 4 is 29.3 Å².